The first-order chi connectivity index (χ1) is 25.7. The number of carbonyl (C=O) groups is 4. The summed E-state index contributed by atoms with van der Waals surface area (Å²) in [5.74, 6) is 0.580. The number of morpholine rings is 1. The normalized spacial score (nSPS) is 13.3. The molecule has 1 aliphatic rings. The number of anilines is 2. The Bertz CT molecular complexity index is 1950. The van der Waals surface area contributed by atoms with E-state index in [1.165, 1.54) is 25.1 Å². The number of imidazole rings is 1. The molecule has 5 rings (SSSR count). The number of nitrogens with zero attached hydrogens (tertiary/aromatic N) is 5. The van der Waals surface area contributed by atoms with Gasteiger partial charge < -0.3 is 34.2 Å². The molecule has 282 valence electrons. The molecule has 4 aromatic rings. The zero-order chi connectivity index (χ0) is 37.7. The minimum absolute atomic E-state index is 0.0918. The molecular formula is C36H44N8O8S. The number of primary amides is 1. The molecule has 0 unspecified atom stereocenters. The second-order valence-electron chi connectivity index (χ2n) is 12.0. The number of carbonyl (C=O) groups excluding carboxylic acids is 4. The number of pyridine rings is 1. The predicted molar refractivity (Wildman–Crippen MR) is 199 cm³/mol. The maximum Gasteiger partial charge on any atom is 0.306 e. The summed E-state index contributed by atoms with van der Waals surface area (Å²) in [6.07, 6.45) is 7.39. The van der Waals surface area contributed by atoms with Crippen molar-refractivity contribution in [2.75, 3.05) is 69.5 Å². The van der Waals surface area contributed by atoms with Gasteiger partial charge >= 0.3 is 5.97 Å². The summed E-state index contributed by atoms with van der Waals surface area (Å²) in [7, 11) is 1.34. The van der Waals surface area contributed by atoms with Crippen LogP contribution in [0.25, 0.3) is 11.0 Å². The van der Waals surface area contributed by atoms with Crippen molar-refractivity contribution in [2.24, 2.45) is 5.73 Å². The number of methoxy groups -OCH3 is 1. The van der Waals surface area contributed by atoms with E-state index in [0.29, 0.717) is 89.5 Å². The zero-order valence-electron chi connectivity index (χ0n) is 30.0. The summed E-state index contributed by atoms with van der Waals surface area (Å²) in [4.78, 5) is 65.3. The molecule has 1 fully saturated rings. The minimum Gasteiger partial charge on any atom is -0.491 e. The average molecular weight is 749 g/mol. The largest absolute Gasteiger partial charge is 0.491 e. The van der Waals surface area contributed by atoms with Crippen LogP contribution < -0.4 is 21.1 Å². The number of thioether (sulfide) groups is 1. The standard InChI is InChI=1S/C36H44N8O8S/c1-4-26-32(52-23(2)40-26)35(48)42-36-41-27-19-25(33(37)47)20-28(51-14-7-10-43-12-15-50-16-13-43)31(27)44(36)11-6-5-9-38-34-29(18-24(22-45)21-39-34)53-17-8-30(46)49-3/h5-6,18-22H,4,7-17H2,1-3H3,(H2,37,47)(H,38,39)(H,41,42,48)/b6-5+. The lowest BCUT2D eigenvalue weighted by atomic mass is 10.1. The molecular weight excluding hydrogens is 705 g/mol. The van der Waals surface area contributed by atoms with Crippen LogP contribution in [-0.4, -0.2) is 107 Å². The van der Waals surface area contributed by atoms with Crippen LogP contribution in [0.4, 0.5) is 11.8 Å². The van der Waals surface area contributed by atoms with Gasteiger partial charge in [0.2, 0.25) is 17.6 Å². The van der Waals surface area contributed by atoms with Gasteiger partial charge in [-0.3, -0.25) is 29.4 Å². The van der Waals surface area contributed by atoms with Crippen molar-refractivity contribution in [3.05, 3.63) is 65.0 Å². The Morgan fingerprint density at radius 3 is 2.68 bits per heavy atom. The molecule has 0 atom stereocenters. The van der Waals surface area contributed by atoms with E-state index < -0.39 is 11.8 Å². The number of aromatic nitrogens is 4. The van der Waals surface area contributed by atoms with Gasteiger partial charge in [-0.15, -0.1) is 11.8 Å². The maximum absolute atomic E-state index is 13.5. The highest BCUT2D eigenvalue weighted by Gasteiger charge is 2.23. The number of allylic oxidation sites excluding steroid dienone is 1. The Kier molecular flexibility index (Phi) is 14.0. The van der Waals surface area contributed by atoms with Gasteiger partial charge in [-0.25, -0.2) is 15.0 Å². The Morgan fingerprint density at radius 1 is 1.13 bits per heavy atom. The molecule has 16 nitrogen and oxygen atoms in total. The van der Waals surface area contributed by atoms with Gasteiger partial charge in [-0.05, 0) is 31.0 Å². The quantitative estimate of drug-likeness (QED) is 0.0409. The summed E-state index contributed by atoms with van der Waals surface area (Å²) in [5, 5.41) is 6.13. The Morgan fingerprint density at radius 2 is 1.94 bits per heavy atom. The molecule has 0 aliphatic carbocycles. The van der Waals surface area contributed by atoms with Crippen LogP contribution in [0.5, 0.6) is 5.75 Å². The second-order valence-corrected chi connectivity index (χ2v) is 13.1. The first-order valence-electron chi connectivity index (χ1n) is 17.3. The number of esters is 1. The van der Waals surface area contributed by atoms with Gasteiger partial charge in [0.15, 0.2) is 12.2 Å². The fourth-order valence-corrected chi connectivity index (χ4v) is 6.60. The van der Waals surface area contributed by atoms with Crippen LogP contribution in [0.15, 0.2) is 45.9 Å². The van der Waals surface area contributed by atoms with Crippen LogP contribution in [0.2, 0.25) is 0 Å². The molecule has 4 heterocycles. The minimum atomic E-state index is -0.640. The molecule has 3 aromatic heterocycles. The molecule has 53 heavy (non-hydrogen) atoms. The van der Waals surface area contributed by atoms with Gasteiger partial charge in [0.05, 0.1) is 49.5 Å². The molecule has 1 aromatic carbocycles. The van der Waals surface area contributed by atoms with Crippen molar-refractivity contribution in [2.45, 2.75) is 44.6 Å². The Hall–Kier alpha value is -5.26. The number of amides is 2. The molecule has 4 N–H and O–H groups in total. The molecule has 0 bridgehead atoms. The third kappa shape index (κ3) is 10.4. The van der Waals surface area contributed by atoms with E-state index in [1.54, 1.807) is 29.7 Å². The number of aldehydes is 1. The highest BCUT2D eigenvalue weighted by Crippen LogP contribution is 2.32. The number of rotatable bonds is 19. The summed E-state index contributed by atoms with van der Waals surface area (Å²) in [6, 6.07) is 4.88. The monoisotopic (exact) mass is 748 g/mol. The maximum atomic E-state index is 13.5. The number of nitrogens with two attached hydrogens (primary N) is 1. The van der Waals surface area contributed by atoms with Gasteiger partial charge in [-0.2, -0.15) is 0 Å². The van der Waals surface area contributed by atoms with Gasteiger partial charge in [-0.1, -0.05) is 19.1 Å². The van der Waals surface area contributed by atoms with E-state index in [1.807, 2.05) is 19.1 Å². The van der Waals surface area contributed by atoms with Gasteiger partial charge in [0, 0.05) is 62.7 Å². The third-order valence-electron chi connectivity index (χ3n) is 8.29. The SMILES string of the molecule is CCc1nc(C)oc1C(=O)Nc1nc2cc(C(N)=O)cc(OCCCN3CCOCC3)c2n1C/C=C/CNc1ncc(C=O)cc1SCCC(=O)OC. The number of hydrogen-bond donors (Lipinski definition) is 3. The smallest absolute Gasteiger partial charge is 0.306 e. The topological polar surface area (TPSA) is 206 Å². The first-order valence-corrected chi connectivity index (χ1v) is 18.3. The lowest BCUT2D eigenvalue weighted by Gasteiger charge is -2.26. The number of aryl methyl sites for hydroxylation is 2. The number of benzene rings is 1. The number of oxazole rings is 1. The summed E-state index contributed by atoms with van der Waals surface area (Å²) in [6.45, 7) is 8.49. The van der Waals surface area contributed by atoms with Crippen LogP contribution in [0, 0.1) is 6.92 Å². The number of ether oxygens (including phenoxy) is 3. The van der Waals surface area contributed by atoms with Crippen molar-refractivity contribution >= 4 is 58.6 Å². The molecule has 0 saturated carbocycles. The van der Waals surface area contributed by atoms with Gasteiger partial charge in [0.25, 0.3) is 5.91 Å². The first kappa shape index (κ1) is 39.0. The number of nitrogens with one attached hydrogen (secondary N) is 2. The number of hydrogen-bond acceptors (Lipinski definition) is 14. The van der Waals surface area contributed by atoms with E-state index in [2.05, 4.69) is 25.5 Å². The lowest BCUT2D eigenvalue weighted by molar-refractivity contribution is -0.140. The highest BCUT2D eigenvalue weighted by atomic mass is 32.2. The molecule has 0 spiro atoms. The van der Waals surface area contributed by atoms with Crippen molar-refractivity contribution in [1.29, 1.82) is 0 Å². The van der Waals surface area contributed by atoms with E-state index in [-0.39, 0.29) is 36.2 Å². The average Bonchev–Trinajstić information content (AvgIpc) is 3.72. The molecule has 2 amide bonds. The fourth-order valence-electron chi connectivity index (χ4n) is 5.63. The van der Waals surface area contributed by atoms with Crippen molar-refractivity contribution < 1.29 is 37.8 Å². The molecule has 1 aliphatic heterocycles. The summed E-state index contributed by atoms with van der Waals surface area (Å²) in [5.41, 5.74) is 7.82. The van der Waals surface area contributed by atoms with Crippen LogP contribution in [-0.2, 0) is 27.2 Å². The molecule has 17 heteroatoms. The van der Waals surface area contributed by atoms with E-state index in [0.717, 1.165) is 26.1 Å². The van der Waals surface area contributed by atoms with Crippen LogP contribution in [0.1, 0.15) is 62.6 Å². The Labute approximate surface area is 310 Å². The van der Waals surface area contributed by atoms with E-state index >= 15 is 0 Å². The Balaban J connectivity index is 1.39. The van der Waals surface area contributed by atoms with E-state index in [4.69, 9.17) is 29.3 Å². The summed E-state index contributed by atoms with van der Waals surface area (Å²) < 4.78 is 23.9. The van der Waals surface area contributed by atoms with Crippen molar-refractivity contribution in [1.82, 2.24) is 24.4 Å². The fraction of sp³-hybridized carbons (Fsp3) is 0.417. The molecule has 0 radical (unpaired) electrons. The van der Waals surface area contributed by atoms with E-state index in [9.17, 15) is 19.2 Å². The van der Waals surface area contributed by atoms with Crippen LogP contribution >= 0.6 is 11.8 Å². The van der Waals surface area contributed by atoms with Crippen molar-refractivity contribution in [3.63, 3.8) is 0 Å². The predicted octanol–water partition coefficient (Wildman–Crippen LogP) is 3.88. The summed E-state index contributed by atoms with van der Waals surface area (Å²) >= 11 is 1.39. The van der Waals surface area contributed by atoms with Crippen molar-refractivity contribution in [3.8, 4) is 5.75 Å². The number of fused-ring (bicyclic) bond motifs is 1. The van der Waals surface area contributed by atoms with Crippen LogP contribution in [0.3, 0.4) is 0 Å². The third-order valence-corrected chi connectivity index (χ3v) is 9.32. The van der Waals surface area contributed by atoms with Gasteiger partial charge in [0.1, 0.15) is 17.1 Å². The molecule has 1 saturated heterocycles. The highest BCUT2D eigenvalue weighted by molar-refractivity contribution is 7.99. The zero-order valence-corrected chi connectivity index (χ0v) is 30.8. The lowest BCUT2D eigenvalue weighted by Crippen LogP contribution is -2.37. The second kappa shape index (κ2) is 19.0.